The normalized spacial score (nSPS) is 12.6. The molecule has 3 N–H and O–H groups in total. The monoisotopic (exact) mass is 331 g/mol. The molecule has 0 aliphatic carbocycles. The van der Waals surface area contributed by atoms with E-state index in [-0.39, 0.29) is 6.04 Å². The molecule has 0 spiro atoms. The van der Waals surface area contributed by atoms with E-state index in [9.17, 15) is 0 Å². The topological polar surface area (TPSA) is 50.9 Å². The quantitative estimate of drug-likeness (QED) is 0.513. The van der Waals surface area contributed by atoms with Gasteiger partial charge in [0.25, 0.3) is 0 Å². The van der Waals surface area contributed by atoms with Crippen molar-refractivity contribution in [3.63, 3.8) is 0 Å². The Morgan fingerprint density at radius 3 is 2.82 bits per heavy atom. The molecule has 0 aliphatic heterocycles. The lowest BCUT2D eigenvalue weighted by Crippen LogP contribution is -2.29. The van der Waals surface area contributed by atoms with Gasteiger partial charge in [-0.3, -0.25) is 11.3 Å². The van der Waals surface area contributed by atoms with E-state index >= 15 is 0 Å². The zero-order valence-corrected chi connectivity index (χ0v) is 12.0. The van der Waals surface area contributed by atoms with Crippen LogP contribution in [0.3, 0.4) is 0 Å². The summed E-state index contributed by atoms with van der Waals surface area (Å²) >= 11 is 11.0. The zero-order valence-electron chi connectivity index (χ0n) is 8.86. The number of nitrogens with two attached hydrogens (primary N) is 1. The summed E-state index contributed by atoms with van der Waals surface area (Å²) < 4.78 is 1.12. The minimum atomic E-state index is 0.0368. The molecule has 1 unspecified atom stereocenters. The van der Waals surface area contributed by atoms with Crippen LogP contribution >= 0.6 is 38.9 Å². The highest BCUT2D eigenvalue weighted by Gasteiger charge is 2.13. The summed E-state index contributed by atoms with van der Waals surface area (Å²) in [7, 11) is 0. The third-order valence-corrected chi connectivity index (χ3v) is 4.61. The Balaban J connectivity index is 2.17. The molecule has 6 heteroatoms. The van der Waals surface area contributed by atoms with Crippen LogP contribution in [0.15, 0.2) is 34.2 Å². The average Bonchev–Trinajstić information content (AvgIpc) is 2.73. The summed E-state index contributed by atoms with van der Waals surface area (Å²) in [5.41, 5.74) is 3.83. The van der Waals surface area contributed by atoms with Crippen LogP contribution in [0.5, 0.6) is 0 Å². The number of hydrogen-bond donors (Lipinski definition) is 2. The molecule has 17 heavy (non-hydrogen) atoms. The van der Waals surface area contributed by atoms with Crippen LogP contribution in [0, 0.1) is 0 Å². The number of aromatic nitrogens is 1. The Hall–Kier alpha value is -0.460. The van der Waals surface area contributed by atoms with Crippen molar-refractivity contribution < 1.29 is 0 Å². The number of halogens is 2. The first-order valence-electron chi connectivity index (χ1n) is 5.00. The van der Waals surface area contributed by atoms with E-state index in [4.69, 9.17) is 17.4 Å². The van der Waals surface area contributed by atoms with Crippen LogP contribution in [0.2, 0.25) is 5.15 Å². The highest BCUT2D eigenvalue weighted by Crippen LogP contribution is 2.27. The minimum Gasteiger partial charge on any atom is -0.271 e. The van der Waals surface area contributed by atoms with E-state index in [1.54, 1.807) is 23.6 Å². The second kappa shape index (κ2) is 5.93. The molecule has 1 atom stereocenters. The molecule has 0 aromatic carbocycles. The van der Waals surface area contributed by atoms with E-state index in [0.29, 0.717) is 5.15 Å². The molecule has 2 aromatic rings. The van der Waals surface area contributed by atoms with Gasteiger partial charge in [-0.05, 0) is 39.0 Å². The molecular weight excluding hydrogens is 322 g/mol. The first-order valence-corrected chi connectivity index (χ1v) is 7.05. The molecule has 0 saturated heterocycles. The molecule has 2 heterocycles. The summed E-state index contributed by atoms with van der Waals surface area (Å²) in [5.74, 6) is 5.59. The Kier molecular flexibility index (Phi) is 4.53. The minimum absolute atomic E-state index is 0.0368. The SMILES string of the molecule is NNC(Cc1sccc1Br)c1ccc(Cl)nc1. The average molecular weight is 333 g/mol. The highest BCUT2D eigenvalue weighted by molar-refractivity contribution is 9.10. The summed E-state index contributed by atoms with van der Waals surface area (Å²) in [6.45, 7) is 0. The molecule has 0 saturated carbocycles. The van der Waals surface area contributed by atoms with Crippen molar-refractivity contribution in [1.29, 1.82) is 0 Å². The maximum atomic E-state index is 5.76. The van der Waals surface area contributed by atoms with Gasteiger partial charge in [0, 0.05) is 22.0 Å². The van der Waals surface area contributed by atoms with E-state index in [1.165, 1.54) is 4.88 Å². The van der Waals surface area contributed by atoms with Gasteiger partial charge in [0.15, 0.2) is 0 Å². The molecule has 0 aliphatic rings. The predicted octanol–water partition coefficient (Wildman–Crippen LogP) is 3.31. The number of nitrogens with one attached hydrogen (secondary N) is 1. The number of pyridine rings is 1. The third kappa shape index (κ3) is 3.26. The van der Waals surface area contributed by atoms with Gasteiger partial charge in [-0.1, -0.05) is 17.7 Å². The van der Waals surface area contributed by atoms with Crippen LogP contribution in [-0.4, -0.2) is 4.98 Å². The lowest BCUT2D eigenvalue weighted by atomic mass is 10.1. The van der Waals surface area contributed by atoms with Crippen LogP contribution < -0.4 is 11.3 Å². The summed E-state index contributed by atoms with van der Waals surface area (Å²) in [6.07, 6.45) is 2.56. The van der Waals surface area contributed by atoms with Crippen molar-refractivity contribution in [3.05, 3.63) is 49.8 Å². The van der Waals surface area contributed by atoms with E-state index in [1.807, 2.05) is 17.5 Å². The number of hydrazine groups is 1. The van der Waals surface area contributed by atoms with Gasteiger partial charge in [0.05, 0.1) is 6.04 Å². The van der Waals surface area contributed by atoms with E-state index in [0.717, 1.165) is 16.5 Å². The van der Waals surface area contributed by atoms with Crippen molar-refractivity contribution in [2.24, 2.45) is 5.84 Å². The largest absolute Gasteiger partial charge is 0.271 e. The van der Waals surface area contributed by atoms with Gasteiger partial charge in [0.1, 0.15) is 5.15 Å². The summed E-state index contributed by atoms with van der Waals surface area (Å²) in [4.78, 5) is 5.31. The molecular formula is C11H11BrClN3S. The molecule has 3 nitrogen and oxygen atoms in total. The van der Waals surface area contributed by atoms with E-state index in [2.05, 4.69) is 26.3 Å². The molecule has 2 aromatic heterocycles. The lowest BCUT2D eigenvalue weighted by molar-refractivity contribution is 0.553. The van der Waals surface area contributed by atoms with Crippen LogP contribution in [0.1, 0.15) is 16.5 Å². The first kappa shape index (κ1) is 13.0. The second-order valence-electron chi connectivity index (χ2n) is 3.53. The van der Waals surface area contributed by atoms with Gasteiger partial charge in [-0.15, -0.1) is 11.3 Å². The fourth-order valence-electron chi connectivity index (χ4n) is 1.52. The number of thiophene rings is 1. The Bertz CT molecular complexity index is 486. The maximum absolute atomic E-state index is 5.76. The van der Waals surface area contributed by atoms with Gasteiger partial charge < -0.3 is 0 Å². The fraction of sp³-hybridized carbons (Fsp3) is 0.182. The molecule has 0 amide bonds. The van der Waals surface area contributed by atoms with E-state index < -0.39 is 0 Å². The van der Waals surface area contributed by atoms with Crippen molar-refractivity contribution in [3.8, 4) is 0 Å². The third-order valence-electron chi connectivity index (χ3n) is 2.43. The molecule has 2 rings (SSSR count). The maximum Gasteiger partial charge on any atom is 0.129 e. The summed E-state index contributed by atoms with van der Waals surface area (Å²) in [5, 5.41) is 2.54. The van der Waals surface area contributed by atoms with Gasteiger partial charge in [-0.25, -0.2) is 4.98 Å². The Morgan fingerprint density at radius 2 is 2.29 bits per heavy atom. The van der Waals surface area contributed by atoms with Crippen molar-refractivity contribution >= 4 is 38.9 Å². The molecule has 0 bridgehead atoms. The van der Waals surface area contributed by atoms with Crippen molar-refractivity contribution in [2.45, 2.75) is 12.5 Å². The molecule has 0 fully saturated rings. The van der Waals surface area contributed by atoms with Gasteiger partial charge in [-0.2, -0.15) is 0 Å². The second-order valence-corrected chi connectivity index (χ2v) is 5.77. The number of hydrogen-bond acceptors (Lipinski definition) is 4. The van der Waals surface area contributed by atoms with Crippen LogP contribution in [0.25, 0.3) is 0 Å². The summed E-state index contributed by atoms with van der Waals surface area (Å²) in [6, 6.07) is 5.77. The van der Waals surface area contributed by atoms with Crippen LogP contribution in [-0.2, 0) is 6.42 Å². The fourth-order valence-corrected chi connectivity index (χ4v) is 3.20. The Labute approximate surface area is 117 Å². The van der Waals surface area contributed by atoms with Gasteiger partial charge in [0.2, 0.25) is 0 Å². The number of rotatable bonds is 4. The van der Waals surface area contributed by atoms with Crippen molar-refractivity contribution in [1.82, 2.24) is 10.4 Å². The smallest absolute Gasteiger partial charge is 0.129 e. The Morgan fingerprint density at radius 1 is 1.47 bits per heavy atom. The lowest BCUT2D eigenvalue weighted by Gasteiger charge is -2.15. The zero-order chi connectivity index (χ0) is 12.3. The molecule has 90 valence electrons. The molecule has 0 radical (unpaired) electrons. The van der Waals surface area contributed by atoms with Gasteiger partial charge >= 0.3 is 0 Å². The van der Waals surface area contributed by atoms with Crippen molar-refractivity contribution in [2.75, 3.05) is 0 Å². The highest BCUT2D eigenvalue weighted by atomic mass is 79.9. The first-order chi connectivity index (χ1) is 8.20. The standard InChI is InChI=1S/C11H11BrClN3S/c12-8-3-4-17-10(8)5-9(16-14)7-1-2-11(13)15-6-7/h1-4,6,9,16H,5,14H2. The van der Waals surface area contributed by atoms with Crippen LogP contribution in [0.4, 0.5) is 0 Å². The number of nitrogens with zero attached hydrogens (tertiary/aromatic N) is 1. The predicted molar refractivity (Wildman–Crippen MR) is 75.0 cm³/mol.